The molecule has 4 heteroatoms. The first-order valence-corrected chi connectivity index (χ1v) is 5.75. The minimum absolute atomic E-state index is 0.0592. The van der Waals surface area contributed by atoms with Gasteiger partial charge in [-0.2, -0.15) is 0 Å². The molecule has 3 nitrogen and oxygen atoms in total. The summed E-state index contributed by atoms with van der Waals surface area (Å²) in [6.07, 6.45) is 0. The van der Waals surface area contributed by atoms with E-state index in [4.69, 9.17) is 9.47 Å². The largest absolute Gasteiger partial charge is 0.497 e. The lowest BCUT2D eigenvalue weighted by Gasteiger charge is -2.06. The van der Waals surface area contributed by atoms with Gasteiger partial charge in [-0.3, -0.25) is 0 Å². The van der Waals surface area contributed by atoms with Gasteiger partial charge in [0.05, 0.1) is 12.7 Å². The standard InChI is InChI=1S/C15H13FO3/c1-18-12-8-6-11(7-9-12)10-19-15(17)13-4-2-3-5-14(13)16/h2-9H,10H2,1H3. The van der Waals surface area contributed by atoms with Gasteiger partial charge < -0.3 is 9.47 Å². The normalized spacial score (nSPS) is 10.0. The molecule has 0 unspecified atom stereocenters. The van der Waals surface area contributed by atoms with Gasteiger partial charge in [0.1, 0.15) is 18.2 Å². The molecule has 0 aliphatic heterocycles. The maximum absolute atomic E-state index is 13.3. The van der Waals surface area contributed by atoms with Crippen molar-refractivity contribution in [1.29, 1.82) is 0 Å². The van der Waals surface area contributed by atoms with Crippen molar-refractivity contribution in [3.05, 3.63) is 65.5 Å². The average molecular weight is 260 g/mol. The zero-order valence-electron chi connectivity index (χ0n) is 10.4. The highest BCUT2D eigenvalue weighted by Gasteiger charge is 2.12. The Morgan fingerprint density at radius 3 is 2.42 bits per heavy atom. The number of methoxy groups -OCH3 is 1. The lowest BCUT2D eigenvalue weighted by atomic mass is 10.2. The van der Waals surface area contributed by atoms with Crippen LogP contribution in [0, 0.1) is 5.82 Å². The van der Waals surface area contributed by atoms with E-state index in [1.54, 1.807) is 37.4 Å². The fraction of sp³-hybridized carbons (Fsp3) is 0.133. The predicted molar refractivity (Wildman–Crippen MR) is 68.5 cm³/mol. The van der Waals surface area contributed by atoms with Gasteiger partial charge in [0.15, 0.2) is 0 Å². The number of hydrogen-bond acceptors (Lipinski definition) is 3. The molecule has 0 aliphatic carbocycles. The van der Waals surface area contributed by atoms with E-state index in [-0.39, 0.29) is 12.2 Å². The Hall–Kier alpha value is -2.36. The van der Waals surface area contributed by atoms with Crippen LogP contribution in [0.25, 0.3) is 0 Å². The highest BCUT2D eigenvalue weighted by atomic mass is 19.1. The lowest BCUT2D eigenvalue weighted by Crippen LogP contribution is -2.07. The third kappa shape index (κ3) is 3.31. The van der Waals surface area contributed by atoms with E-state index in [1.165, 1.54) is 18.2 Å². The molecule has 0 radical (unpaired) electrons. The molecule has 0 fully saturated rings. The summed E-state index contributed by atoms with van der Waals surface area (Å²) in [5, 5.41) is 0. The third-order valence-corrected chi connectivity index (χ3v) is 2.62. The van der Waals surface area contributed by atoms with Crippen molar-refractivity contribution < 1.29 is 18.7 Å². The van der Waals surface area contributed by atoms with Gasteiger partial charge in [-0.1, -0.05) is 24.3 Å². The van der Waals surface area contributed by atoms with Crippen LogP contribution in [0.3, 0.4) is 0 Å². The van der Waals surface area contributed by atoms with Crippen molar-refractivity contribution in [2.24, 2.45) is 0 Å². The molecule has 2 aromatic rings. The minimum atomic E-state index is -0.672. The Bertz CT molecular complexity index is 564. The molecule has 0 aliphatic rings. The van der Waals surface area contributed by atoms with Gasteiger partial charge in [-0.25, -0.2) is 9.18 Å². The van der Waals surface area contributed by atoms with Crippen LogP contribution in [-0.2, 0) is 11.3 Å². The van der Waals surface area contributed by atoms with Crippen LogP contribution >= 0.6 is 0 Å². The zero-order valence-corrected chi connectivity index (χ0v) is 10.4. The number of carbonyl (C=O) groups is 1. The number of esters is 1. The summed E-state index contributed by atoms with van der Waals surface area (Å²) in [5.74, 6) is -0.527. The second kappa shape index (κ2) is 6.00. The van der Waals surface area contributed by atoms with Crippen molar-refractivity contribution >= 4 is 5.97 Å². The van der Waals surface area contributed by atoms with Crippen molar-refractivity contribution in [1.82, 2.24) is 0 Å². The van der Waals surface area contributed by atoms with Crippen LogP contribution in [0.1, 0.15) is 15.9 Å². The van der Waals surface area contributed by atoms with Gasteiger partial charge in [0.25, 0.3) is 0 Å². The molecule has 0 bridgehead atoms. The number of ether oxygens (including phenoxy) is 2. The molecule has 19 heavy (non-hydrogen) atoms. The van der Waals surface area contributed by atoms with Crippen molar-refractivity contribution in [2.75, 3.05) is 7.11 Å². The summed E-state index contributed by atoms with van der Waals surface area (Å²) in [7, 11) is 1.58. The maximum atomic E-state index is 13.3. The minimum Gasteiger partial charge on any atom is -0.497 e. The first kappa shape index (κ1) is 13.1. The quantitative estimate of drug-likeness (QED) is 0.792. The molecule has 0 N–H and O–H groups in total. The van der Waals surface area contributed by atoms with Gasteiger partial charge in [0, 0.05) is 0 Å². The summed E-state index contributed by atoms with van der Waals surface area (Å²) in [4.78, 5) is 11.7. The van der Waals surface area contributed by atoms with Gasteiger partial charge >= 0.3 is 5.97 Å². The van der Waals surface area contributed by atoms with E-state index in [0.29, 0.717) is 0 Å². The molecular formula is C15H13FO3. The lowest BCUT2D eigenvalue weighted by molar-refractivity contribution is 0.0467. The zero-order chi connectivity index (χ0) is 13.7. The topological polar surface area (TPSA) is 35.5 Å². The Kier molecular flexibility index (Phi) is 4.13. The summed E-state index contributed by atoms with van der Waals surface area (Å²) >= 11 is 0. The molecule has 0 saturated heterocycles. The summed E-state index contributed by atoms with van der Waals surface area (Å²) in [5.41, 5.74) is 0.751. The third-order valence-electron chi connectivity index (χ3n) is 2.62. The van der Waals surface area contributed by atoms with Crippen LogP contribution in [0.15, 0.2) is 48.5 Å². The number of rotatable bonds is 4. The smallest absolute Gasteiger partial charge is 0.341 e. The maximum Gasteiger partial charge on any atom is 0.341 e. The summed E-state index contributed by atoms with van der Waals surface area (Å²) in [6.45, 7) is 0.0944. The Balaban J connectivity index is 1.98. The molecule has 0 saturated carbocycles. The number of halogens is 1. The van der Waals surface area contributed by atoms with Crippen LogP contribution in [-0.4, -0.2) is 13.1 Å². The Morgan fingerprint density at radius 1 is 1.11 bits per heavy atom. The van der Waals surface area contributed by atoms with Crippen LogP contribution in [0.4, 0.5) is 4.39 Å². The second-order valence-electron chi connectivity index (χ2n) is 3.90. The molecule has 0 amide bonds. The summed E-state index contributed by atoms with van der Waals surface area (Å²) < 4.78 is 23.4. The first-order valence-electron chi connectivity index (χ1n) is 5.75. The first-order chi connectivity index (χ1) is 9.20. The fourth-order valence-corrected chi connectivity index (χ4v) is 1.58. The van der Waals surface area contributed by atoms with Crippen molar-refractivity contribution in [2.45, 2.75) is 6.61 Å². The van der Waals surface area contributed by atoms with E-state index in [1.807, 2.05) is 0 Å². The van der Waals surface area contributed by atoms with E-state index in [9.17, 15) is 9.18 Å². The van der Waals surface area contributed by atoms with E-state index >= 15 is 0 Å². The molecule has 0 spiro atoms. The van der Waals surface area contributed by atoms with E-state index in [0.717, 1.165) is 11.3 Å². The molecular weight excluding hydrogens is 247 g/mol. The van der Waals surface area contributed by atoms with E-state index in [2.05, 4.69) is 0 Å². The number of carbonyl (C=O) groups excluding carboxylic acids is 1. The molecule has 98 valence electrons. The molecule has 2 rings (SSSR count). The van der Waals surface area contributed by atoms with E-state index < -0.39 is 11.8 Å². The highest BCUT2D eigenvalue weighted by molar-refractivity contribution is 5.89. The molecule has 2 aromatic carbocycles. The highest BCUT2D eigenvalue weighted by Crippen LogP contribution is 2.13. The predicted octanol–water partition coefficient (Wildman–Crippen LogP) is 3.19. The number of hydrogen-bond donors (Lipinski definition) is 0. The summed E-state index contributed by atoms with van der Waals surface area (Å²) in [6, 6.07) is 12.8. The van der Waals surface area contributed by atoms with Gasteiger partial charge in [-0.15, -0.1) is 0 Å². The van der Waals surface area contributed by atoms with Gasteiger partial charge in [-0.05, 0) is 29.8 Å². The van der Waals surface area contributed by atoms with Crippen molar-refractivity contribution in [3.63, 3.8) is 0 Å². The Morgan fingerprint density at radius 2 is 1.79 bits per heavy atom. The van der Waals surface area contributed by atoms with Crippen molar-refractivity contribution in [3.8, 4) is 5.75 Å². The Labute approximate surface area is 110 Å². The molecule has 0 aromatic heterocycles. The van der Waals surface area contributed by atoms with Gasteiger partial charge in [0.2, 0.25) is 0 Å². The average Bonchev–Trinajstić information content (AvgIpc) is 2.46. The second-order valence-corrected chi connectivity index (χ2v) is 3.90. The SMILES string of the molecule is COc1ccc(COC(=O)c2ccccc2F)cc1. The monoisotopic (exact) mass is 260 g/mol. The van der Waals surface area contributed by atoms with Crippen LogP contribution in [0.2, 0.25) is 0 Å². The molecule has 0 atom stereocenters. The fourth-order valence-electron chi connectivity index (χ4n) is 1.58. The van der Waals surface area contributed by atoms with Crippen LogP contribution < -0.4 is 4.74 Å². The van der Waals surface area contributed by atoms with Crippen LogP contribution in [0.5, 0.6) is 5.75 Å². The number of benzene rings is 2. The molecule has 0 heterocycles.